The Bertz CT molecular complexity index is 671. The molecule has 0 fully saturated rings. The van der Waals surface area contributed by atoms with E-state index in [0.717, 1.165) is 11.4 Å². The van der Waals surface area contributed by atoms with Crippen LogP contribution in [-0.4, -0.2) is 33.8 Å². The van der Waals surface area contributed by atoms with E-state index in [1.807, 2.05) is 24.3 Å². The lowest BCUT2D eigenvalue weighted by Gasteiger charge is -2.11. The summed E-state index contributed by atoms with van der Waals surface area (Å²) in [5.74, 6) is 1.92. The molecule has 0 unspecified atom stereocenters. The average molecular weight is 330 g/mol. The van der Waals surface area contributed by atoms with Crippen molar-refractivity contribution in [2.75, 3.05) is 38.5 Å². The summed E-state index contributed by atoms with van der Waals surface area (Å²) in [6.45, 7) is 0.533. The molecular weight excluding hydrogens is 308 g/mol. The summed E-state index contributed by atoms with van der Waals surface area (Å²) < 4.78 is 15.5. The summed E-state index contributed by atoms with van der Waals surface area (Å²) >= 11 is 0. The van der Waals surface area contributed by atoms with Gasteiger partial charge in [0.15, 0.2) is 11.5 Å². The number of benzene rings is 2. The van der Waals surface area contributed by atoms with Crippen LogP contribution in [0.2, 0.25) is 0 Å². The molecule has 1 amide bonds. The van der Waals surface area contributed by atoms with Gasteiger partial charge in [0.2, 0.25) is 5.91 Å². The van der Waals surface area contributed by atoms with Gasteiger partial charge < -0.3 is 24.8 Å². The fourth-order valence-corrected chi connectivity index (χ4v) is 2.17. The standard InChI is InChI=1S/C18H22N2O4/c1-22-15-7-4-13(5-8-15)19-11-10-18(21)20-14-6-9-16(23-2)17(12-14)24-3/h4-9,12,19H,10-11H2,1-3H3,(H,20,21). The minimum absolute atomic E-state index is 0.0803. The van der Waals surface area contributed by atoms with Crippen LogP contribution < -0.4 is 24.8 Å². The fraction of sp³-hybridized carbons (Fsp3) is 0.278. The van der Waals surface area contributed by atoms with Crippen LogP contribution in [0.3, 0.4) is 0 Å². The van der Waals surface area contributed by atoms with Gasteiger partial charge in [0, 0.05) is 30.4 Å². The van der Waals surface area contributed by atoms with E-state index in [1.54, 1.807) is 39.5 Å². The van der Waals surface area contributed by atoms with Gasteiger partial charge in [-0.2, -0.15) is 0 Å². The predicted octanol–water partition coefficient (Wildman–Crippen LogP) is 3.15. The van der Waals surface area contributed by atoms with E-state index in [0.29, 0.717) is 30.2 Å². The van der Waals surface area contributed by atoms with E-state index >= 15 is 0 Å². The van der Waals surface area contributed by atoms with Crippen molar-refractivity contribution in [3.05, 3.63) is 42.5 Å². The van der Waals surface area contributed by atoms with Crippen molar-refractivity contribution < 1.29 is 19.0 Å². The van der Waals surface area contributed by atoms with Gasteiger partial charge in [0.25, 0.3) is 0 Å². The number of ether oxygens (including phenoxy) is 3. The minimum atomic E-state index is -0.0803. The zero-order chi connectivity index (χ0) is 17.4. The van der Waals surface area contributed by atoms with Crippen molar-refractivity contribution in [2.24, 2.45) is 0 Å². The Morgan fingerprint density at radius 3 is 2.17 bits per heavy atom. The Hall–Kier alpha value is -2.89. The summed E-state index contributed by atoms with van der Waals surface area (Å²) in [5, 5.41) is 6.03. The van der Waals surface area contributed by atoms with Crippen LogP contribution >= 0.6 is 0 Å². The Labute approximate surface area is 141 Å². The highest BCUT2D eigenvalue weighted by Crippen LogP contribution is 2.29. The number of hydrogen-bond donors (Lipinski definition) is 2. The molecule has 0 aliphatic rings. The zero-order valence-corrected chi connectivity index (χ0v) is 14.1. The van der Waals surface area contributed by atoms with Crippen molar-refractivity contribution in [3.8, 4) is 17.2 Å². The third kappa shape index (κ3) is 4.81. The minimum Gasteiger partial charge on any atom is -0.497 e. The van der Waals surface area contributed by atoms with Crippen LogP contribution in [0.25, 0.3) is 0 Å². The first-order valence-electron chi connectivity index (χ1n) is 7.56. The Balaban J connectivity index is 1.82. The number of hydrogen-bond acceptors (Lipinski definition) is 5. The first-order chi connectivity index (χ1) is 11.7. The number of nitrogens with one attached hydrogen (secondary N) is 2. The van der Waals surface area contributed by atoms with Crippen molar-refractivity contribution >= 4 is 17.3 Å². The van der Waals surface area contributed by atoms with Crippen molar-refractivity contribution in [3.63, 3.8) is 0 Å². The quantitative estimate of drug-likeness (QED) is 0.778. The molecule has 24 heavy (non-hydrogen) atoms. The van der Waals surface area contributed by atoms with Gasteiger partial charge in [0.05, 0.1) is 21.3 Å². The molecule has 0 saturated heterocycles. The lowest BCUT2D eigenvalue weighted by molar-refractivity contribution is -0.115. The third-order valence-electron chi connectivity index (χ3n) is 3.44. The molecule has 0 atom stereocenters. The van der Waals surface area contributed by atoms with Crippen LogP contribution in [0.4, 0.5) is 11.4 Å². The Morgan fingerprint density at radius 2 is 1.54 bits per heavy atom. The second-order valence-electron chi connectivity index (χ2n) is 5.02. The maximum atomic E-state index is 12.0. The highest BCUT2D eigenvalue weighted by atomic mass is 16.5. The zero-order valence-electron chi connectivity index (χ0n) is 14.1. The number of carbonyl (C=O) groups is 1. The number of amides is 1. The smallest absolute Gasteiger partial charge is 0.226 e. The lowest BCUT2D eigenvalue weighted by atomic mass is 10.2. The lowest BCUT2D eigenvalue weighted by Crippen LogP contribution is -2.16. The molecular formula is C18H22N2O4. The number of anilines is 2. The summed E-state index contributed by atoms with van der Waals surface area (Å²) in [7, 11) is 4.75. The predicted molar refractivity (Wildman–Crippen MR) is 94.3 cm³/mol. The number of methoxy groups -OCH3 is 3. The molecule has 0 radical (unpaired) electrons. The van der Waals surface area contributed by atoms with Crippen LogP contribution in [-0.2, 0) is 4.79 Å². The van der Waals surface area contributed by atoms with Crippen LogP contribution in [0.15, 0.2) is 42.5 Å². The Morgan fingerprint density at radius 1 is 0.875 bits per heavy atom. The summed E-state index contributed by atoms with van der Waals surface area (Å²) in [6, 6.07) is 12.8. The topological polar surface area (TPSA) is 68.8 Å². The number of carbonyl (C=O) groups excluding carboxylic acids is 1. The number of rotatable bonds is 8. The first kappa shape index (κ1) is 17.5. The summed E-state index contributed by atoms with van der Waals surface area (Å²) in [6.07, 6.45) is 0.348. The van der Waals surface area contributed by atoms with E-state index in [4.69, 9.17) is 14.2 Å². The normalized spacial score (nSPS) is 9.96. The van der Waals surface area contributed by atoms with Gasteiger partial charge in [-0.05, 0) is 36.4 Å². The van der Waals surface area contributed by atoms with Gasteiger partial charge in [-0.1, -0.05) is 0 Å². The SMILES string of the molecule is COc1ccc(NCCC(=O)Nc2ccc(OC)c(OC)c2)cc1. The average Bonchev–Trinajstić information content (AvgIpc) is 2.62. The molecule has 2 rings (SSSR count). The second-order valence-corrected chi connectivity index (χ2v) is 5.02. The highest BCUT2D eigenvalue weighted by Gasteiger charge is 2.07. The van der Waals surface area contributed by atoms with E-state index < -0.39 is 0 Å². The van der Waals surface area contributed by atoms with E-state index in [2.05, 4.69) is 10.6 Å². The van der Waals surface area contributed by atoms with Gasteiger partial charge in [-0.15, -0.1) is 0 Å². The van der Waals surface area contributed by atoms with E-state index in [-0.39, 0.29) is 5.91 Å². The van der Waals surface area contributed by atoms with Crippen molar-refractivity contribution in [1.29, 1.82) is 0 Å². The summed E-state index contributed by atoms with van der Waals surface area (Å²) in [5.41, 5.74) is 1.61. The molecule has 2 N–H and O–H groups in total. The van der Waals surface area contributed by atoms with Gasteiger partial charge in [-0.3, -0.25) is 4.79 Å². The van der Waals surface area contributed by atoms with Crippen LogP contribution in [0.1, 0.15) is 6.42 Å². The molecule has 2 aromatic rings. The van der Waals surface area contributed by atoms with E-state index in [1.165, 1.54) is 0 Å². The molecule has 128 valence electrons. The maximum absolute atomic E-state index is 12.0. The molecule has 0 aliphatic heterocycles. The molecule has 0 heterocycles. The van der Waals surface area contributed by atoms with Crippen molar-refractivity contribution in [1.82, 2.24) is 0 Å². The van der Waals surface area contributed by atoms with Gasteiger partial charge >= 0.3 is 0 Å². The van der Waals surface area contributed by atoms with Crippen molar-refractivity contribution in [2.45, 2.75) is 6.42 Å². The molecule has 0 aliphatic carbocycles. The molecule has 2 aromatic carbocycles. The molecule has 6 nitrogen and oxygen atoms in total. The van der Waals surface area contributed by atoms with Crippen LogP contribution in [0, 0.1) is 0 Å². The van der Waals surface area contributed by atoms with Gasteiger partial charge in [-0.25, -0.2) is 0 Å². The van der Waals surface area contributed by atoms with Gasteiger partial charge in [0.1, 0.15) is 5.75 Å². The van der Waals surface area contributed by atoms with Crippen LogP contribution in [0.5, 0.6) is 17.2 Å². The molecule has 6 heteroatoms. The monoisotopic (exact) mass is 330 g/mol. The molecule has 0 spiro atoms. The molecule has 0 saturated carbocycles. The first-order valence-corrected chi connectivity index (χ1v) is 7.56. The Kier molecular flexibility index (Phi) is 6.31. The summed E-state index contributed by atoms with van der Waals surface area (Å²) in [4.78, 5) is 12.0. The fourth-order valence-electron chi connectivity index (χ4n) is 2.17. The molecule has 0 aromatic heterocycles. The van der Waals surface area contributed by atoms with E-state index in [9.17, 15) is 4.79 Å². The molecule has 0 bridgehead atoms. The third-order valence-corrected chi connectivity index (χ3v) is 3.44. The largest absolute Gasteiger partial charge is 0.497 e. The maximum Gasteiger partial charge on any atom is 0.226 e. The second kappa shape index (κ2) is 8.67. The highest BCUT2D eigenvalue weighted by molar-refractivity contribution is 5.91.